The molecule has 0 bridgehead atoms. The molecule has 0 spiro atoms. The topological polar surface area (TPSA) is 49.3 Å². The van der Waals surface area contributed by atoms with E-state index >= 15 is 0 Å². The fourth-order valence-electron chi connectivity index (χ4n) is 2.62. The van der Waals surface area contributed by atoms with Gasteiger partial charge in [-0.3, -0.25) is 4.79 Å². The third-order valence-electron chi connectivity index (χ3n) is 3.82. The van der Waals surface area contributed by atoms with Crippen molar-refractivity contribution in [3.63, 3.8) is 0 Å². The molecule has 0 aliphatic carbocycles. The predicted molar refractivity (Wildman–Crippen MR) is 86.2 cm³/mol. The van der Waals surface area contributed by atoms with Gasteiger partial charge in [-0.25, -0.2) is 9.97 Å². The number of fused-ring (bicyclic) bond motifs is 1. The molecule has 1 aliphatic rings. The van der Waals surface area contributed by atoms with E-state index in [9.17, 15) is 4.79 Å². The van der Waals surface area contributed by atoms with Crippen molar-refractivity contribution < 1.29 is 4.79 Å². The Labute approximate surface area is 134 Å². The highest BCUT2D eigenvalue weighted by molar-refractivity contribution is 6.33. The average Bonchev–Trinajstić information content (AvgIpc) is 2.69. The second kappa shape index (κ2) is 5.93. The zero-order valence-electron chi connectivity index (χ0n) is 12.6. The van der Waals surface area contributed by atoms with E-state index in [0.717, 1.165) is 17.8 Å². The predicted octanol–water partition coefficient (Wildman–Crippen LogP) is 2.53. The maximum absolute atomic E-state index is 12.8. The van der Waals surface area contributed by atoms with Crippen molar-refractivity contribution in [2.45, 2.75) is 13.5 Å². The molecular formula is C16H17ClN4O. The number of likely N-dealkylation sites (N-methyl/N-ethyl adjacent to an activating group) is 1. The first-order valence-corrected chi connectivity index (χ1v) is 7.51. The minimum Gasteiger partial charge on any atom is -0.373 e. The number of hydrogen-bond donors (Lipinski definition) is 0. The van der Waals surface area contributed by atoms with E-state index in [1.807, 2.05) is 25.2 Å². The van der Waals surface area contributed by atoms with Crippen LogP contribution in [0, 0.1) is 6.92 Å². The summed E-state index contributed by atoms with van der Waals surface area (Å²) in [6, 6.07) is 8.12. The van der Waals surface area contributed by atoms with Crippen molar-refractivity contribution in [3.05, 3.63) is 52.6 Å². The van der Waals surface area contributed by atoms with E-state index in [-0.39, 0.29) is 11.6 Å². The summed E-state index contributed by atoms with van der Waals surface area (Å²) in [4.78, 5) is 24.9. The molecule has 5 nitrogen and oxygen atoms in total. The fourth-order valence-corrected chi connectivity index (χ4v) is 2.79. The number of carbonyl (C=O) groups excluding carboxylic acids is 1. The van der Waals surface area contributed by atoms with E-state index in [4.69, 9.17) is 11.6 Å². The Kier molecular flexibility index (Phi) is 3.98. The minimum atomic E-state index is -0.152. The Morgan fingerprint density at radius 1 is 1.27 bits per heavy atom. The SMILES string of the molecule is Cc1ncc(Cl)c(C(=O)N2CCN(C)c3ccccc3C2)n1. The molecule has 0 saturated heterocycles. The molecule has 114 valence electrons. The molecule has 3 rings (SSSR count). The first-order chi connectivity index (χ1) is 10.6. The zero-order chi connectivity index (χ0) is 15.7. The van der Waals surface area contributed by atoms with Crippen molar-refractivity contribution in [1.82, 2.24) is 14.9 Å². The molecule has 0 saturated carbocycles. The molecule has 6 heteroatoms. The summed E-state index contributed by atoms with van der Waals surface area (Å²) < 4.78 is 0. The van der Waals surface area contributed by atoms with Crippen LogP contribution >= 0.6 is 11.6 Å². The van der Waals surface area contributed by atoms with Gasteiger partial charge in [-0.05, 0) is 18.6 Å². The van der Waals surface area contributed by atoms with Gasteiger partial charge in [-0.1, -0.05) is 29.8 Å². The maximum Gasteiger partial charge on any atom is 0.274 e. The standard InChI is InChI=1S/C16H17ClN4O/c1-11-18-9-13(17)15(19-11)16(22)21-8-7-20(2)14-6-4-3-5-12(14)10-21/h3-6,9H,7-8,10H2,1-2H3. The minimum absolute atomic E-state index is 0.152. The normalized spacial score (nSPS) is 14.5. The van der Waals surface area contributed by atoms with Crippen LogP contribution in [0.2, 0.25) is 5.02 Å². The second-order valence-corrected chi connectivity index (χ2v) is 5.80. The third kappa shape index (κ3) is 2.76. The highest BCUT2D eigenvalue weighted by Gasteiger charge is 2.24. The molecule has 1 aromatic carbocycles. The molecule has 0 fully saturated rings. The van der Waals surface area contributed by atoms with Crippen LogP contribution in [0.15, 0.2) is 30.5 Å². The summed E-state index contributed by atoms with van der Waals surface area (Å²) in [6.07, 6.45) is 1.48. The molecule has 0 N–H and O–H groups in total. The molecule has 2 heterocycles. The van der Waals surface area contributed by atoms with Crippen molar-refractivity contribution in [1.29, 1.82) is 0 Å². The van der Waals surface area contributed by atoms with Crippen LogP contribution in [-0.4, -0.2) is 40.9 Å². The lowest BCUT2D eigenvalue weighted by Crippen LogP contribution is -2.35. The summed E-state index contributed by atoms with van der Waals surface area (Å²) in [6.45, 7) is 3.70. The Morgan fingerprint density at radius 3 is 2.86 bits per heavy atom. The number of aromatic nitrogens is 2. The van der Waals surface area contributed by atoms with Crippen molar-refractivity contribution in [2.75, 3.05) is 25.0 Å². The van der Waals surface area contributed by atoms with Gasteiger partial charge in [-0.15, -0.1) is 0 Å². The van der Waals surface area contributed by atoms with Crippen molar-refractivity contribution >= 4 is 23.2 Å². The van der Waals surface area contributed by atoms with E-state index < -0.39 is 0 Å². The van der Waals surface area contributed by atoms with Crippen molar-refractivity contribution in [3.8, 4) is 0 Å². The number of para-hydroxylation sites is 1. The van der Waals surface area contributed by atoms with Crippen molar-refractivity contribution in [2.24, 2.45) is 0 Å². The summed E-state index contributed by atoms with van der Waals surface area (Å²) in [5, 5.41) is 0.293. The number of benzene rings is 1. The van der Waals surface area contributed by atoms with E-state index in [2.05, 4.69) is 20.9 Å². The van der Waals surface area contributed by atoms with E-state index in [1.54, 1.807) is 11.8 Å². The molecule has 1 aromatic heterocycles. The molecular weight excluding hydrogens is 300 g/mol. The molecule has 1 amide bonds. The van der Waals surface area contributed by atoms with Gasteiger partial charge < -0.3 is 9.80 Å². The second-order valence-electron chi connectivity index (χ2n) is 5.39. The van der Waals surface area contributed by atoms with Gasteiger partial charge >= 0.3 is 0 Å². The average molecular weight is 317 g/mol. The molecule has 1 aliphatic heterocycles. The molecule has 22 heavy (non-hydrogen) atoms. The molecule has 0 atom stereocenters. The third-order valence-corrected chi connectivity index (χ3v) is 4.10. The Hall–Kier alpha value is -2.14. The number of carbonyl (C=O) groups is 1. The van der Waals surface area contributed by atoms with Crippen LogP contribution in [0.4, 0.5) is 5.69 Å². The maximum atomic E-state index is 12.8. The van der Waals surface area contributed by atoms with Gasteiger partial charge in [-0.2, -0.15) is 0 Å². The lowest BCUT2D eigenvalue weighted by atomic mass is 10.1. The highest BCUT2D eigenvalue weighted by Crippen LogP contribution is 2.25. The quantitative estimate of drug-likeness (QED) is 0.811. The van der Waals surface area contributed by atoms with Crippen LogP contribution < -0.4 is 4.90 Å². The van der Waals surface area contributed by atoms with Gasteiger partial charge in [0.15, 0.2) is 5.69 Å². The Bertz CT molecular complexity index is 719. The van der Waals surface area contributed by atoms with Gasteiger partial charge in [0.25, 0.3) is 5.91 Å². The lowest BCUT2D eigenvalue weighted by Gasteiger charge is -2.21. The van der Waals surface area contributed by atoms with Gasteiger partial charge in [0.2, 0.25) is 0 Å². The molecule has 2 aromatic rings. The number of amides is 1. The van der Waals surface area contributed by atoms with Crippen LogP contribution in [0.1, 0.15) is 21.9 Å². The van der Waals surface area contributed by atoms with Gasteiger partial charge in [0.1, 0.15) is 5.82 Å². The first kappa shape index (κ1) is 14.8. The number of aryl methyl sites for hydroxylation is 1. The summed E-state index contributed by atoms with van der Waals surface area (Å²) >= 11 is 6.10. The Balaban J connectivity index is 1.93. The number of halogens is 1. The van der Waals surface area contributed by atoms with E-state index in [0.29, 0.717) is 23.9 Å². The van der Waals surface area contributed by atoms with Gasteiger partial charge in [0.05, 0.1) is 11.2 Å². The van der Waals surface area contributed by atoms with Gasteiger partial charge in [0, 0.05) is 32.4 Å². The number of anilines is 1. The number of nitrogens with zero attached hydrogens (tertiary/aromatic N) is 4. The van der Waals surface area contributed by atoms with Crippen LogP contribution in [0.5, 0.6) is 0 Å². The van der Waals surface area contributed by atoms with Crippen LogP contribution in [0.3, 0.4) is 0 Å². The number of hydrogen-bond acceptors (Lipinski definition) is 4. The smallest absolute Gasteiger partial charge is 0.274 e. The summed E-state index contributed by atoms with van der Waals surface area (Å²) in [5.41, 5.74) is 2.55. The summed E-state index contributed by atoms with van der Waals surface area (Å²) in [7, 11) is 2.04. The molecule has 0 unspecified atom stereocenters. The monoisotopic (exact) mass is 316 g/mol. The Morgan fingerprint density at radius 2 is 2.05 bits per heavy atom. The fraction of sp³-hybridized carbons (Fsp3) is 0.312. The van der Waals surface area contributed by atoms with E-state index in [1.165, 1.54) is 6.20 Å². The lowest BCUT2D eigenvalue weighted by molar-refractivity contribution is 0.0745. The largest absolute Gasteiger partial charge is 0.373 e. The highest BCUT2D eigenvalue weighted by atomic mass is 35.5. The molecule has 0 radical (unpaired) electrons. The van der Waals surface area contributed by atoms with Crippen LogP contribution in [-0.2, 0) is 6.54 Å². The number of rotatable bonds is 1. The van der Waals surface area contributed by atoms with Crippen LogP contribution in [0.25, 0.3) is 0 Å². The summed E-state index contributed by atoms with van der Waals surface area (Å²) in [5.74, 6) is 0.390. The first-order valence-electron chi connectivity index (χ1n) is 7.13. The zero-order valence-corrected chi connectivity index (χ0v) is 13.3.